The summed E-state index contributed by atoms with van der Waals surface area (Å²) in [6, 6.07) is 4.22. The van der Waals surface area contributed by atoms with Crippen LogP contribution in [0.3, 0.4) is 0 Å². The Kier molecular flexibility index (Phi) is 5.56. The van der Waals surface area contributed by atoms with Crippen molar-refractivity contribution in [3.63, 3.8) is 0 Å². The highest BCUT2D eigenvalue weighted by Gasteiger charge is 2.11. The zero-order valence-corrected chi connectivity index (χ0v) is 11.3. The van der Waals surface area contributed by atoms with Crippen LogP contribution in [-0.2, 0) is 4.79 Å². The van der Waals surface area contributed by atoms with Gasteiger partial charge in [-0.1, -0.05) is 17.7 Å². The zero-order valence-electron chi connectivity index (χ0n) is 10.5. The number of nitrogens with two attached hydrogens (primary N) is 1. The third-order valence-electron chi connectivity index (χ3n) is 2.65. The number of halogens is 2. The fourth-order valence-electron chi connectivity index (χ4n) is 1.54. The lowest BCUT2D eigenvalue weighted by Gasteiger charge is -2.15. The summed E-state index contributed by atoms with van der Waals surface area (Å²) < 4.78 is 13.0. The molecule has 0 saturated heterocycles. The first-order valence-corrected chi connectivity index (χ1v) is 6.28. The Bertz CT molecular complexity index is 423. The molecule has 0 saturated carbocycles. The van der Waals surface area contributed by atoms with Crippen molar-refractivity contribution >= 4 is 17.5 Å². The highest BCUT2D eigenvalue weighted by atomic mass is 35.5. The van der Waals surface area contributed by atoms with E-state index in [1.165, 1.54) is 12.1 Å². The Morgan fingerprint density at radius 2 is 2.17 bits per heavy atom. The molecule has 0 bridgehead atoms. The second-order valence-electron chi connectivity index (χ2n) is 4.48. The highest BCUT2D eigenvalue weighted by molar-refractivity contribution is 6.30. The lowest BCUT2D eigenvalue weighted by atomic mass is 10.1. The number of carbonyl (C=O) groups is 1. The van der Waals surface area contributed by atoms with E-state index in [0.717, 1.165) is 5.56 Å². The highest BCUT2D eigenvalue weighted by Crippen LogP contribution is 2.20. The third-order valence-corrected chi connectivity index (χ3v) is 2.94. The molecular formula is C13H18ClFN2O. The van der Waals surface area contributed by atoms with Crippen LogP contribution in [0, 0.1) is 5.82 Å². The molecule has 1 aromatic rings. The lowest BCUT2D eigenvalue weighted by molar-refractivity contribution is -0.121. The largest absolute Gasteiger partial charge is 0.350 e. The van der Waals surface area contributed by atoms with E-state index >= 15 is 0 Å². The number of benzene rings is 1. The zero-order chi connectivity index (χ0) is 13.7. The molecular weight excluding hydrogens is 255 g/mol. The summed E-state index contributed by atoms with van der Waals surface area (Å²) in [5, 5.41) is 2.88. The van der Waals surface area contributed by atoms with Crippen molar-refractivity contribution in [3.8, 4) is 0 Å². The van der Waals surface area contributed by atoms with Gasteiger partial charge in [-0.25, -0.2) is 4.39 Å². The third kappa shape index (κ3) is 4.63. The van der Waals surface area contributed by atoms with Crippen LogP contribution in [0.15, 0.2) is 18.2 Å². The van der Waals surface area contributed by atoms with Crippen LogP contribution < -0.4 is 11.1 Å². The first kappa shape index (κ1) is 14.9. The standard InChI is InChI=1S/C13H18ClFN2O/c1-8(16)3-6-13(18)17-9(2)10-4-5-12(15)11(14)7-10/h4-5,7-9H,3,6,16H2,1-2H3,(H,17,18). The maximum Gasteiger partial charge on any atom is 0.220 e. The minimum atomic E-state index is -0.462. The van der Waals surface area contributed by atoms with Crippen molar-refractivity contribution < 1.29 is 9.18 Å². The maximum atomic E-state index is 13.0. The van der Waals surface area contributed by atoms with Gasteiger partial charge in [0, 0.05) is 12.5 Å². The molecule has 1 rings (SSSR count). The van der Waals surface area contributed by atoms with Gasteiger partial charge in [-0.05, 0) is 38.0 Å². The summed E-state index contributed by atoms with van der Waals surface area (Å²) in [5.41, 5.74) is 6.35. The van der Waals surface area contributed by atoms with Gasteiger partial charge in [0.25, 0.3) is 0 Å². The van der Waals surface area contributed by atoms with E-state index in [2.05, 4.69) is 5.32 Å². The Balaban J connectivity index is 2.56. The molecule has 2 atom stereocenters. The van der Waals surface area contributed by atoms with E-state index < -0.39 is 5.82 Å². The molecule has 0 fully saturated rings. The summed E-state index contributed by atoms with van der Waals surface area (Å²) in [7, 11) is 0. The predicted molar refractivity (Wildman–Crippen MR) is 70.9 cm³/mol. The van der Waals surface area contributed by atoms with Crippen molar-refractivity contribution in [2.45, 2.75) is 38.8 Å². The predicted octanol–water partition coefficient (Wildman–Crippen LogP) is 2.78. The Labute approximate surface area is 112 Å². The first-order valence-electron chi connectivity index (χ1n) is 5.90. The molecule has 3 nitrogen and oxygen atoms in total. The molecule has 100 valence electrons. The van der Waals surface area contributed by atoms with Crippen molar-refractivity contribution in [2.24, 2.45) is 5.73 Å². The Morgan fingerprint density at radius 1 is 1.50 bits per heavy atom. The summed E-state index contributed by atoms with van der Waals surface area (Å²) >= 11 is 5.69. The van der Waals surface area contributed by atoms with Gasteiger partial charge >= 0.3 is 0 Å². The molecule has 2 unspecified atom stereocenters. The summed E-state index contributed by atoms with van der Waals surface area (Å²) in [6.45, 7) is 3.68. The van der Waals surface area contributed by atoms with Crippen LogP contribution in [0.4, 0.5) is 4.39 Å². The number of carbonyl (C=O) groups excluding carboxylic acids is 1. The molecule has 5 heteroatoms. The van der Waals surface area contributed by atoms with E-state index in [0.29, 0.717) is 12.8 Å². The number of hydrogen-bond acceptors (Lipinski definition) is 2. The monoisotopic (exact) mass is 272 g/mol. The van der Waals surface area contributed by atoms with Crippen LogP contribution in [0.2, 0.25) is 5.02 Å². The summed E-state index contributed by atoms with van der Waals surface area (Å²) in [6.07, 6.45) is 1.03. The number of amides is 1. The molecule has 3 N–H and O–H groups in total. The number of rotatable bonds is 5. The SMILES string of the molecule is CC(N)CCC(=O)NC(C)c1ccc(F)c(Cl)c1. The van der Waals surface area contributed by atoms with Gasteiger partial charge in [-0.2, -0.15) is 0 Å². The fraction of sp³-hybridized carbons (Fsp3) is 0.462. The second kappa shape index (κ2) is 6.71. The minimum absolute atomic E-state index is 0.00585. The molecule has 0 aliphatic rings. The average Bonchev–Trinajstić information content (AvgIpc) is 2.30. The van der Waals surface area contributed by atoms with Gasteiger partial charge in [-0.15, -0.1) is 0 Å². The van der Waals surface area contributed by atoms with E-state index in [9.17, 15) is 9.18 Å². The van der Waals surface area contributed by atoms with Crippen LogP contribution >= 0.6 is 11.6 Å². The fourth-order valence-corrected chi connectivity index (χ4v) is 1.73. The molecule has 1 aromatic carbocycles. The Morgan fingerprint density at radius 3 is 2.72 bits per heavy atom. The van der Waals surface area contributed by atoms with Crippen LogP contribution in [0.1, 0.15) is 38.3 Å². The van der Waals surface area contributed by atoms with Crippen molar-refractivity contribution in [3.05, 3.63) is 34.6 Å². The smallest absolute Gasteiger partial charge is 0.220 e. The first-order chi connectivity index (χ1) is 8.40. The van der Waals surface area contributed by atoms with Gasteiger partial charge in [0.2, 0.25) is 5.91 Å². The minimum Gasteiger partial charge on any atom is -0.350 e. The molecule has 0 aliphatic carbocycles. The van der Waals surface area contributed by atoms with Gasteiger partial charge in [0.15, 0.2) is 0 Å². The quantitative estimate of drug-likeness (QED) is 0.866. The average molecular weight is 273 g/mol. The molecule has 0 radical (unpaired) electrons. The number of nitrogens with one attached hydrogen (secondary N) is 1. The summed E-state index contributed by atoms with van der Waals surface area (Å²) in [4.78, 5) is 11.6. The molecule has 18 heavy (non-hydrogen) atoms. The topological polar surface area (TPSA) is 55.1 Å². The van der Waals surface area contributed by atoms with Crippen LogP contribution in [0.25, 0.3) is 0 Å². The molecule has 1 amide bonds. The van der Waals surface area contributed by atoms with E-state index in [1.807, 2.05) is 13.8 Å². The second-order valence-corrected chi connectivity index (χ2v) is 4.89. The van der Waals surface area contributed by atoms with Crippen molar-refractivity contribution in [2.75, 3.05) is 0 Å². The van der Waals surface area contributed by atoms with Gasteiger partial charge < -0.3 is 11.1 Å². The van der Waals surface area contributed by atoms with E-state index in [4.69, 9.17) is 17.3 Å². The molecule has 0 aromatic heterocycles. The van der Waals surface area contributed by atoms with E-state index in [-0.39, 0.29) is 23.0 Å². The van der Waals surface area contributed by atoms with Crippen LogP contribution in [-0.4, -0.2) is 11.9 Å². The number of hydrogen-bond donors (Lipinski definition) is 2. The molecule has 0 aliphatic heterocycles. The van der Waals surface area contributed by atoms with Gasteiger partial charge in [-0.3, -0.25) is 4.79 Å². The lowest BCUT2D eigenvalue weighted by Crippen LogP contribution is -2.28. The van der Waals surface area contributed by atoms with Gasteiger partial charge in [0.1, 0.15) is 5.82 Å². The van der Waals surface area contributed by atoms with Crippen molar-refractivity contribution in [1.29, 1.82) is 0 Å². The normalized spacial score (nSPS) is 14.1. The molecule has 0 heterocycles. The molecule has 0 spiro atoms. The Hall–Kier alpha value is -1.13. The van der Waals surface area contributed by atoms with Crippen LogP contribution in [0.5, 0.6) is 0 Å². The maximum absolute atomic E-state index is 13.0. The summed E-state index contributed by atoms with van der Waals surface area (Å²) in [5.74, 6) is -0.531. The van der Waals surface area contributed by atoms with E-state index in [1.54, 1.807) is 6.07 Å². The van der Waals surface area contributed by atoms with Gasteiger partial charge in [0.05, 0.1) is 11.1 Å². The van der Waals surface area contributed by atoms with Crippen molar-refractivity contribution in [1.82, 2.24) is 5.32 Å².